The van der Waals surface area contributed by atoms with Crippen LogP contribution in [0.4, 0.5) is 0 Å². The molecule has 0 bridgehead atoms. The number of hydrogen-bond donors (Lipinski definition) is 3. The van der Waals surface area contributed by atoms with Crippen LogP contribution in [0.1, 0.15) is 5.69 Å². The van der Waals surface area contributed by atoms with Crippen LogP contribution in [0.3, 0.4) is 0 Å². The second-order valence-corrected chi connectivity index (χ2v) is 3.67. The van der Waals surface area contributed by atoms with Crippen molar-refractivity contribution >= 4 is 5.65 Å². The molecule has 0 saturated heterocycles. The number of imidazole rings is 1. The van der Waals surface area contributed by atoms with Gasteiger partial charge in [0.15, 0.2) is 0 Å². The van der Waals surface area contributed by atoms with Crippen LogP contribution in [0, 0.1) is 0 Å². The Kier molecular flexibility index (Phi) is 3.51. The first-order valence-corrected chi connectivity index (χ1v) is 5.22. The van der Waals surface area contributed by atoms with Gasteiger partial charge in [-0.05, 0) is 12.1 Å². The van der Waals surface area contributed by atoms with Crippen molar-refractivity contribution in [3.8, 4) is 0 Å². The fourth-order valence-electron chi connectivity index (χ4n) is 1.50. The van der Waals surface area contributed by atoms with E-state index in [1.54, 1.807) is 0 Å². The number of hydrogen-bond acceptors (Lipinski definition) is 4. The second-order valence-electron chi connectivity index (χ2n) is 3.67. The van der Waals surface area contributed by atoms with E-state index in [4.69, 9.17) is 10.2 Å². The minimum Gasteiger partial charge on any atom is -0.394 e. The summed E-state index contributed by atoms with van der Waals surface area (Å²) in [5, 5.41) is 20.8. The van der Waals surface area contributed by atoms with Gasteiger partial charge in [-0.1, -0.05) is 6.07 Å². The lowest BCUT2D eigenvalue weighted by molar-refractivity contribution is 0.0941. The first-order valence-electron chi connectivity index (χ1n) is 5.22. The minimum atomic E-state index is -0.711. The summed E-state index contributed by atoms with van der Waals surface area (Å²) in [5.41, 5.74) is 1.82. The van der Waals surface area contributed by atoms with Crippen LogP contribution in [-0.4, -0.2) is 38.9 Å². The summed E-state index contributed by atoms with van der Waals surface area (Å²) in [7, 11) is 0. The quantitative estimate of drug-likeness (QED) is 0.652. The van der Waals surface area contributed by atoms with Crippen LogP contribution in [0.25, 0.3) is 5.65 Å². The largest absolute Gasteiger partial charge is 0.394 e. The second kappa shape index (κ2) is 5.07. The van der Waals surface area contributed by atoms with Gasteiger partial charge in [-0.25, -0.2) is 4.98 Å². The van der Waals surface area contributed by atoms with Gasteiger partial charge >= 0.3 is 0 Å². The summed E-state index contributed by atoms with van der Waals surface area (Å²) in [5.74, 6) is 0. The Balaban J connectivity index is 1.94. The lowest BCUT2D eigenvalue weighted by atomic mass is 10.3. The third-order valence-corrected chi connectivity index (χ3v) is 2.31. The van der Waals surface area contributed by atoms with Gasteiger partial charge in [0.05, 0.1) is 18.4 Å². The molecule has 3 N–H and O–H groups in total. The van der Waals surface area contributed by atoms with Gasteiger partial charge in [-0.3, -0.25) is 0 Å². The Morgan fingerprint density at radius 2 is 2.31 bits per heavy atom. The van der Waals surface area contributed by atoms with Crippen molar-refractivity contribution in [3.63, 3.8) is 0 Å². The molecule has 0 saturated carbocycles. The Morgan fingerprint density at radius 3 is 3.06 bits per heavy atom. The molecule has 0 aromatic carbocycles. The number of rotatable bonds is 5. The van der Waals surface area contributed by atoms with E-state index in [-0.39, 0.29) is 6.61 Å². The fourth-order valence-corrected chi connectivity index (χ4v) is 1.50. The smallest absolute Gasteiger partial charge is 0.137 e. The maximum absolute atomic E-state index is 9.14. The van der Waals surface area contributed by atoms with E-state index in [0.29, 0.717) is 13.1 Å². The summed E-state index contributed by atoms with van der Waals surface area (Å²) in [6.45, 7) is 0.723. The molecular weight excluding hydrogens is 206 g/mol. The monoisotopic (exact) mass is 221 g/mol. The van der Waals surface area contributed by atoms with E-state index in [2.05, 4.69) is 10.3 Å². The highest BCUT2D eigenvalue weighted by atomic mass is 16.3. The van der Waals surface area contributed by atoms with Gasteiger partial charge in [0, 0.05) is 25.5 Å². The van der Waals surface area contributed by atoms with Crippen LogP contribution in [0.15, 0.2) is 30.6 Å². The van der Waals surface area contributed by atoms with Crippen molar-refractivity contribution in [1.29, 1.82) is 0 Å². The molecule has 16 heavy (non-hydrogen) atoms. The Bertz CT molecular complexity index is 422. The van der Waals surface area contributed by atoms with Gasteiger partial charge in [0.25, 0.3) is 0 Å². The number of aromatic nitrogens is 2. The first-order chi connectivity index (χ1) is 7.79. The van der Waals surface area contributed by atoms with Crippen molar-refractivity contribution in [1.82, 2.24) is 14.7 Å². The number of nitrogens with one attached hydrogen (secondary N) is 1. The van der Waals surface area contributed by atoms with Gasteiger partial charge in [-0.2, -0.15) is 0 Å². The van der Waals surface area contributed by atoms with E-state index in [1.807, 2.05) is 35.0 Å². The Hall–Kier alpha value is -1.43. The number of fused-ring (bicyclic) bond motifs is 1. The SMILES string of the molecule is OCC(O)CNCc1cn2ccccc2n1. The standard InChI is InChI=1S/C11H15N3O2/c15-8-10(16)6-12-5-9-7-14-4-2-1-3-11(14)13-9/h1-4,7,10,12,15-16H,5-6,8H2. The lowest BCUT2D eigenvalue weighted by Gasteiger charge is -2.06. The van der Waals surface area contributed by atoms with E-state index >= 15 is 0 Å². The molecule has 2 heterocycles. The molecule has 2 rings (SSSR count). The number of aliphatic hydroxyl groups is 2. The molecule has 1 atom stereocenters. The molecule has 86 valence electrons. The summed E-state index contributed by atoms with van der Waals surface area (Å²) in [6, 6.07) is 5.82. The third-order valence-electron chi connectivity index (χ3n) is 2.31. The molecule has 1 unspecified atom stereocenters. The topological polar surface area (TPSA) is 69.8 Å². The van der Waals surface area contributed by atoms with Crippen LogP contribution >= 0.6 is 0 Å². The third kappa shape index (κ3) is 2.57. The highest BCUT2D eigenvalue weighted by Gasteiger charge is 2.03. The van der Waals surface area contributed by atoms with Gasteiger partial charge in [0.2, 0.25) is 0 Å². The summed E-state index contributed by atoms with van der Waals surface area (Å²) in [6.07, 6.45) is 3.17. The molecule has 0 spiro atoms. The van der Waals surface area contributed by atoms with E-state index in [1.165, 1.54) is 0 Å². The number of nitrogens with zero attached hydrogens (tertiary/aromatic N) is 2. The van der Waals surface area contributed by atoms with Gasteiger partial charge in [0.1, 0.15) is 5.65 Å². The average Bonchev–Trinajstić information content (AvgIpc) is 2.71. The zero-order valence-electron chi connectivity index (χ0n) is 8.87. The van der Waals surface area contributed by atoms with Crippen molar-refractivity contribution in [3.05, 3.63) is 36.3 Å². The molecule has 0 aliphatic heterocycles. The first kappa shape index (κ1) is 11.1. The summed E-state index contributed by atoms with van der Waals surface area (Å²) < 4.78 is 1.94. The molecular formula is C11H15N3O2. The molecule has 0 aliphatic rings. The molecule has 0 radical (unpaired) electrons. The highest BCUT2D eigenvalue weighted by molar-refractivity contribution is 5.39. The average molecular weight is 221 g/mol. The molecule has 0 aliphatic carbocycles. The minimum absolute atomic E-state index is 0.224. The molecule has 5 nitrogen and oxygen atoms in total. The zero-order chi connectivity index (χ0) is 11.4. The van der Waals surface area contributed by atoms with Crippen LogP contribution in [-0.2, 0) is 6.54 Å². The molecule has 0 fully saturated rings. The fraction of sp³-hybridized carbons (Fsp3) is 0.364. The van der Waals surface area contributed by atoms with Crippen molar-refractivity contribution < 1.29 is 10.2 Å². The summed E-state index contributed by atoms with van der Waals surface area (Å²) >= 11 is 0. The predicted octanol–water partition coefficient (Wildman–Crippen LogP) is -0.223. The molecule has 2 aromatic rings. The maximum Gasteiger partial charge on any atom is 0.137 e. The van der Waals surface area contributed by atoms with Crippen LogP contribution in [0.5, 0.6) is 0 Å². The Labute approximate surface area is 93.4 Å². The number of aliphatic hydroxyl groups excluding tert-OH is 2. The molecule has 5 heteroatoms. The summed E-state index contributed by atoms with van der Waals surface area (Å²) in [4.78, 5) is 4.39. The van der Waals surface area contributed by atoms with Gasteiger partial charge < -0.3 is 19.9 Å². The van der Waals surface area contributed by atoms with Crippen molar-refractivity contribution in [2.75, 3.05) is 13.2 Å². The molecule has 0 amide bonds. The lowest BCUT2D eigenvalue weighted by Crippen LogP contribution is -2.29. The van der Waals surface area contributed by atoms with E-state index in [9.17, 15) is 0 Å². The molecule has 2 aromatic heterocycles. The zero-order valence-corrected chi connectivity index (χ0v) is 8.87. The van der Waals surface area contributed by atoms with Crippen molar-refractivity contribution in [2.45, 2.75) is 12.6 Å². The van der Waals surface area contributed by atoms with Crippen LogP contribution < -0.4 is 5.32 Å². The Morgan fingerprint density at radius 1 is 1.44 bits per heavy atom. The number of pyridine rings is 1. The maximum atomic E-state index is 9.14. The van der Waals surface area contributed by atoms with Crippen molar-refractivity contribution in [2.24, 2.45) is 0 Å². The highest BCUT2D eigenvalue weighted by Crippen LogP contribution is 2.03. The van der Waals surface area contributed by atoms with E-state index in [0.717, 1.165) is 11.3 Å². The normalized spacial score (nSPS) is 13.1. The van der Waals surface area contributed by atoms with Crippen LogP contribution in [0.2, 0.25) is 0 Å². The van der Waals surface area contributed by atoms with E-state index < -0.39 is 6.10 Å². The van der Waals surface area contributed by atoms with Gasteiger partial charge in [-0.15, -0.1) is 0 Å². The predicted molar refractivity (Wildman–Crippen MR) is 60.0 cm³/mol.